The van der Waals surface area contributed by atoms with Crippen LogP contribution in [-0.2, 0) is 4.79 Å². The first-order valence-electron chi connectivity index (χ1n) is 10.0. The molecule has 0 N–H and O–H groups in total. The number of anilines is 1. The Morgan fingerprint density at radius 1 is 1.06 bits per heavy atom. The van der Waals surface area contributed by atoms with Gasteiger partial charge in [-0.05, 0) is 41.1 Å². The van der Waals surface area contributed by atoms with E-state index in [4.69, 9.17) is 21.7 Å². The second-order valence-electron chi connectivity index (χ2n) is 7.63. The molecule has 0 bridgehead atoms. The molecule has 0 saturated carbocycles. The number of ether oxygens (including phenoxy) is 2. The number of methoxy groups -OCH3 is 1. The van der Waals surface area contributed by atoms with Crippen molar-refractivity contribution < 1.29 is 14.3 Å². The third-order valence-electron chi connectivity index (χ3n) is 4.86. The van der Waals surface area contributed by atoms with Crippen molar-refractivity contribution in [1.82, 2.24) is 0 Å². The summed E-state index contributed by atoms with van der Waals surface area (Å²) < 4.78 is 11.8. The Balaban J connectivity index is 1.64. The fraction of sp³-hybridized carbons (Fsp3) is 0.200. The van der Waals surface area contributed by atoms with Gasteiger partial charge in [-0.25, -0.2) is 0 Å². The van der Waals surface area contributed by atoms with E-state index in [0.717, 1.165) is 22.0 Å². The number of carbonyl (C=O) groups is 1. The number of carbonyl (C=O) groups excluding carboxylic acids is 1. The quantitative estimate of drug-likeness (QED) is 0.327. The Kier molecular flexibility index (Phi) is 6.30. The molecule has 1 aliphatic rings. The van der Waals surface area contributed by atoms with Crippen molar-refractivity contribution in [2.24, 2.45) is 5.92 Å². The van der Waals surface area contributed by atoms with Crippen LogP contribution in [0, 0.1) is 5.92 Å². The Hall–Kier alpha value is -2.83. The van der Waals surface area contributed by atoms with E-state index in [1.807, 2.05) is 66.7 Å². The number of nitrogens with zero attached hydrogens (tertiary/aromatic N) is 1. The monoisotopic (exact) mass is 449 g/mol. The molecular formula is C25H23NO3S2. The zero-order chi connectivity index (χ0) is 22.0. The van der Waals surface area contributed by atoms with Crippen LogP contribution in [0.5, 0.6) is 11.5 Å². The third-order valence-corrected chi connectivity index (χ3v) is 6.16. The van der Waals surface area contributed by atoms with Crippen LogP contribution in [-0.4, -0.2) is 23.9 Å². The van der Waals surface area contributed by atoms with Gasteiger partial charge in [-0.3, -0.25) is 9.69 Å². The lowest BCUT2D eigenvalue weighted by atomic mass is 10.1. The predicted octanol–water partition coefficient (Wildman–Crippen LogP) is 6.29. The predicted molar refractivity (Wildman–Crippen MR) is 133 cm³/mol. The number of rotatable bonds is 6. The average molecular weight is 450 g/mol. The topological polar surface area (TPSA) is 38.8 Å². The molecule has 3 aromatic rings. The highest BCUT2D eigenvalue weighted by molar-refractivity contribution is 8.27. The SMILES string of the molecule is COc1cc(/C=C2/SC(=S)N(c3cccc4ccccc34)C2=O)ccc1OCC(C)C. The lowest BCUT2D eigenvalue weighted by molar-refractivity contribution is -0.113. The van der Waals surface area contributed by atoms with Crippen LogP contribution < -0.4 is 14.4 Å². The molecule has 0 unspecified atom stereocenters. The summed E-state index contributed by atoms with van der Waals surface area (Å²) in [6, 6.07) is 19.6. The van der Waals surface area contributed by atoms with Crippen LogP contribution in [0.15, 0.2) is 65.6 Å². The molecule has 0 aliphatic carbocycles. The van der Waals surface area contributed by atoms with Crippen molar-refractivity contribution >= 4 is 56.7 Å². The second kappa shape index (κ2) is 9.12. The van der Waals surface area contributed by atoms with E-state index in [-0.39, 0.29) is 5.91 Å². The standard InChI is InChI=1S/C25H23NO3S2/c1-16(2)15-29-21-12-11-17(13-22(21)28-3)14-23-24(27)26(25(30)31-23)20-10-6-8-18-7-4-5-9-19(18)20/h4-14,16H,15H2,1-3H3/b23-14+. The minimum absolute atomic E-state index is 0.120. The number of amides is 1. The molecular weight excluding hydrogens is 426 g/mol. The van der Waals surface area contributed by atoms with E-state index in [0.29, 0.717) is 33.2 Å². The van der Waals surface area contributed by atoms with Crippen molar-refractivity contribution in [1.29, 1.82) is 0 Å². The van der Waals surface area contributed by atoms with Crippen molar-refractivity contribution in [2.45, 2.75) is 13.8 Å². The molecule has 1 saturated heterocycles. The number of hydrogen-bond acceptors (Lipinski definition) is 5. The van der Waals surface area contributed by atoms with Gasteiger partial charge >= 0.3 is 0 Å². The van der Waals surface area contributed by atoms with Crippen LogP contribution in [0.4, 0.5) is 5.69 Å². The van der Waals surface area contributed by atoms with Crippen molar-refractivity contribution in [3.63, 3.8) is 0 Å². The molecule has 1 fully saturated rings. The van der Waals surface area contributed by atoms with Crippen LogP contribution in [0.2, 0.25) is 0 Å². The molecule has 31 heavy (non-hydrogen) atoms. The summed E-state index contributed by atoms with van der Waals surface area (Å²) in [4.78, 5) is 15.5. The number of thiocarbonyl (C=S) groups is 1. The first kappa shape index (κ1) is 21.4. The molecule has 158 valence electrons. The van der Waals surface area contributed by atoms with E-state index < -0.39 is 0 Å². The number of hydrogen-bond donors (Lipinski definition) is 0. The minimum atomic E-state index is -0.120. The van der Waals surface area contributed by atoms with Crippen LogP contribution >= 0.6 is 24.0 Å². The molecule has 1 amide bonds. The summed E-state index contributed by atoms with van der Waals surface area (Å²) in [6.45, 7) is 4.80. The summed E-state index contributed by atoms with van der Waals surface area (Å²) >= 11 is 6.88. The average Bonchev–Trinajstić information content (AvgIpc) is 3.04. The van der Waals surface area contributed by atoms with E-state index in [1.54, 1.807) is 12.0 Å². The van der Waals surface area contributed by atoms with E-state index in [1.165, 1.54) is 11.8 Å². The van der Waals surface area contributed by atoms with E-state index in [9.17, 15) is 4.79 Å². The smallest absolute Gasteiger partial charge is 0.270 e. The normalized spacial score (nSPS) is 15.4. The first-order valence-corrected chi connectivity index (χ1v) is 11.3. The molecule has 3 aromatic carbocycles. The maximum absolute atomic E-state index is 13.3. The summed E-state index contributed by atoms with van der Waals surface area (Å²) in [5.41, 5.74) is 1.66. The van der Waals surface area contributed by atoms with Crippen LogP contribution in [0.3, 0.4) is 0 Å². The highest BCUT2D eigenvalue weighted by Gasteiger charge is 2.34. The molecule has 6 heteroatoms. The maximum atomic E-state index is 13.3. The van der Waals surface area contributed by atoms with Crippen molar-refractivity contribution in [2.75, 3.05) is 18.6 Å². The van der Waals surface area contributed by atoms with Gasteiger partial charge in [0.15, 0.2) is 15.8 Å². The Labute approximate surface area is 191 Å². The lowest BCUT2D eigenvalue weighted by Gasteiger charge is -2.17. The van der Waals surface area contributed by atoms with Gasteiger partial charge in [0.25, 0.3) is 5.91 Å². The third kappa shape index (κ3) is 4.45. The van der Waals surface area contributed by atoms with Gasteiger partial charge in [0.2, 0.25) is 0 Å². The van der Waals surface area contributed by atoms with Gasteiger partial charge in [-0.15, -0.1) is 0 Å². The zero-order valence-corrected chi connectivity index (χ0v) is 19.3. The fourth-order valence-corrected chi connectivity index (χ4v) is 4.66. The highest BCUT2D eigenvalue weighted by Crippen LogP contribution is 2.39. The van der Waals surface area contributed by atoms with E-state index >= 15 is 0 Å². The van der Waals surface area contributed by atoms with Gasteiger partial charge in [0.05, 0.1) is 24.3 Å². The number of fused-ring (bicyclic) bond motifs is 1. The van der Waals surface area contributed by atoms with Gasteiger partial charge in [0.1, 0.15) is 0 Å². The molecule has 1 heterocycles. The highest BCUT2D eigenvalue weighted by atomic mass is 32.2. The van der Waals surface area contributed by atoms with Crippen molar-refractivity contribution in [3.05, 3.63) is 71.1 Å². The summed E-state index contributed by atoms with van der Waals surface area (Å²) in [5.74, 6) is 1.63. The molecule has 0 spiro atoms. The maximum Gasteiger partial charge on any atom is 0.270 e. The second-order valence-corrected chi connectivity index (χ2v) is 9.31. The summed E-state index contributed by atoms with van der Waals surface area (Å²) in [6.07, 6.45) is 1.85. The summed E-state index contributed by atoms with van der Waals surface area (Å²) in [5, 5.41) is 2.07. The molecule has 0 atom stereocenters. The summed E-state index contributed by atoms with van der Waals surface area (Å²) in [7, 11) is 1.61. The Morgan fingerprint density at radius 2 is 1.84 bits per heavy atom. The first-order chi connectivity index (χ1) is 15.0. The molecule has 0 aromatic heterocycles. The Bertz CT molecular complexity index is 1180. The fourth-order valence-electron chi connectivity index (χ4n) is 3.38. The molecule has 4 rings (SSSR count). The van der Waals surface area contributed by atoms with Gasteiger partial charge in [-0.2, -0.15) is 0 Å². The minimum Gasteiger partial charge on any atom is -0.493 e. The number of benzene rings is 3. The largest absolute Gasteiger partial charge is 0.493 e. The van der Waals surface area contributed by atoms with Crippen molar-refractivity contribution in [3.8, 4) is 11.5 Å². The molecule has 0 radical (unpaired) electrons. The van der Waals surface area contributed by atoms with E-state index in [2.05, 4.69) is 13.8 Å². The lowest BCUT2D eigenvalue weighted by Crippen LogP contribution is -2.27. The van der Waals surface area contributed by atoms with Gasteiger partial charge in [0, 0.05) is 5.39 Å². The van der Waals surface area contributed by atoms with Gasteiger partial charge in [-0.1, -0.05) is 80.3 Å². The van der Waals surface area contributed by atoms with Crippen LogP contribution in [0.25, 0.3) is 16.8 Å². The zero-order valence-electron chi connectivity index (χ0n) is 17.6. The molecule has 4 nitrogen and oxygen atoms in total. The van der Waals surface area contributed by atoms with Gasteiger partial charge < -0.3 is 9.47 Å². The Morgan fingerprint density at radius 3 is 2.61 bits per heavy atom. The molecule has 1 aliphatic heterocycles. The number of thioether (sulfide) groups is 1. The van der Waals surface area contributed by atoms with Crippen LogP contribution in [0.1, 0.15) is 19.4 Å².